The summed E-state index contributed by atoms with van der Waals surface area (Å²) in [5.41, 5.74) is 0.877. The molecule has 12 nitrogen and oxygen atoms in total. The molecule has 3 aromatic heterocycles. The van der Waals surface area contributed by atoms with Gasteiger partial charge in [-0.2, -0.15) is 0 Å². The van der Waals surface area contributed by atoms with Gasteiger partial charge in [-0.1, -0.05) is 6.92 Å². The summed E-state index contributed by atoms with van der Waals surface area (Å²) in [7, 11) is -2.49. The maximum Gasteiger partial charge on any atom is 0.245 e. The third-order valence-electron chi connectivity index (χ3n) is 6.22. The Morgan fingerprint density at radius 2 is 1.91 bits per heavy atom. The van der Waals surface area contributed by atoms with Crippen molar-refractivity contribution in [2.75, 3.05) is 18.4 Å². The van der Waals surface area contributed by atoms with Gasteiger partial charge < -0.3 is 14.5 Å². The molecule has 0 aliphatic carbocycles. The number of sulfonamides is 1. The highest BCUT2D eigenvalue weighted by atomic mass is 32.2. The first-order valence-corrected chi connectivity index (χ1v) is 12.8. The van der Waals surface area contributed by atoms with Crippen LogP contribution in [0.4, 0.5) is 5.95 Å². The molecule has 35 heavy (non-hydrogen) atoms. The Bertz CT molecular complexity index is 1300. The molecule has 1 aliphatic heterocycles. The van der Waals surface area contributed by atoms with E-state index in [2.05, 4.69) is 30.2 Å². The second kappa shape index (κ2) is 9.74. The predicted molar refractivity (Wildman–Crippen MR) is 127 cm³/mol. The van der Waals surface area contributed by atoms with E-state index in [4.69, 9.17) is 9.15 Å². The summed E-state index contributed by atoms with van der Waals surface area (Å²) in [6.45, 7) is 7.38. The smallest absolute Gasteiger partial charge is 0.245 e. The number of methoxy groups -OCH3 is 1. The number of rotatable bonds is 8. The van der Waals surface area contributed by atoms with E-state index in [9.17, 15) is 13.2 Å². The fourth-order valence-corrected chi connectivity index (χ4v) is 5.22. The molecule has 0 spiro atoms. The van der Waals surface area contributed by atoms with Crippen LogP contribution in [0.5, 0.6) is 0 Å². The van der Waals surface area contributed by atoms with Crippen molar-refractivity contribution in [3.8, 4) is 11.6 Å². The second-order valence-corrected chi connectivity index (χ2v) is 10.7. The Kier molecular flexibility index (Phi) is 6.90. The number of hydrogen-bond acceptors (Lipinski definition) is 9. The summed E-state index contributed by atoms with van der Waals surface area (Å²) in [6, 6.07) is 2.53. The average Bonchev–Trinajstić information content (AvgIpc) is 3.43. The van der Waals surface area contributed by atoms with Crippen LogP contribution in [0.1, 0.15) is 49.4 Å². The Morgan fingerprint density at radius 1 is 1.20 bits per heavy atom. The molecule has 1 saturated heterocycles. The van der Waals surface area contributed by atoms with E-state index in [0.717, 1.165) is 5.56 Å². The average molecular weight is 504 g/mol. The predicted octanol–water partition coefficient (Wildman–Crippen LogP) is 1.95. The van der Waals surface area contributed by atoms with Gasteiger partial charge in [-0.3, -0.25) is 14.1 Å². The molecule has 2 unspecified atom stereocenters. The number of carbonyl (C=O) groups excluding carboxylic acids is 1. The highest BCUT2D eigenvalue weighted by Gasteiger charge is 2.39. The summed E-state index contributed by atoms with van der Waals surface area (Å²) in [5.74, 6) is 0.651. The van der Waals surface area contributed by atoms with Crippen molar-refractivity contribution in [3.05, 3.63) is 41.7 Å². The zero-order valence-electron chi connectivity index (χ0n) is 20.2. The Hall–Kier alpha value is -3.32. The third kappa shape index (κ3) is 4.91. The van der Waals surface area contributed by atoms with Gasteiger partial charge in [0.2, 0.25) is 27.7 Å². The minimum absolute atomic E-state index is 0.109. The molecule has 4 heterocycles. The monoisotopic (exact) mass is 503 g/mol. The van der Waals surface area contributed by atoms with Crippen molar-refractivity contribution < 1.29 is 22.4 Å². The third-order valence-corrected chi connectivity index (χ3v) is 8.08. The van der Waals surface area contributed by atoms with Crippen LogP contribution < -0.4 is 10.0 Å². The SMILES string of the molecule is COC1CCNC(=O)C1n1c(NS(=O)(=O)[C@@H](C)[C@H](C)c2ncc(C)cn2)nnc1-c1ccc(C)o1. The van der Waals surface area contributed by atoms with Gasteiger partial charge in [0, 0.05) is 32.0 Å². The first kappa shape index (κ1) is 24.8. The first-order valence-electron chi connectivity index (χ1n) is 11.2. The van der Waals surface area contributed by atoms with Gasteiger partial charge in [-0.25, -0.2) is 18.4 Å². The number of piperidine rings is 1. The molecular formula is C22H29N7O5S. The number of aryl methyl sites for hydroxylation is 2. The maximum atomic E-state index is 13.4. The van der Waals surface area contributed by atoms with E-state index >= 15 is 0 Å². The van der Waals surface area contributed by atoms with Gasteiger partial charge in [-0.05, 0) is 44.9 Å². The molecule has 0 saturated carbocycles. The quantitative estimate of drug-likeness (QED) is 0.469. The lowest BCUT2D eigenvalue weighted by Gasteiger charge is -2.32. The number of carbonyl (C=O) groups is 1. The molecule has 2 N–H and O–H groups in total. The molecule has 0 bridgehead atoms. The summed E-state index contributed by atoms with van der Waals surface area (Å²) in [5, 5.41) is 10.1. The van der Waals surface area contributed by atoms with E-state index in [1.165, 1.54) is 11.7 Å². The fourth-order valence-electron chi connectivity index (χ4n) is 3.98. The Balaban J connectivity index is 1.73. The van der Waals surface area contributed by atoms with Crippen LogP contribution in [0.15, 0.2) is 28.9 Å². The van der Waals surface area contributed by atoms with Crippen molar-refractivity contribution in [1.29, 1.82) is 0 Å². The van der Waals surface area contributed by atoms with E-state index < -0.39 is 33.3 Å². The normalized spacial score (nSPS) is 20.3. The zero-order valence-corrected chi connectivity index (χ0v) is 21.0. The number of ether oxygens (including phenoxy) is 1. The number of anilines is 1. The van der Waals surface area contributed by atoms with Gasteiger partial charge >= 0.3 is 0 Å². The number of nitrogens with zero attached hydrogens (tertiary/aromatic N) is 5. The molecule has 1 fully saturated rings. The van der Waals surface area contributed by atoms with E-state index in [1.807, 2.05) is 6.92 Å². The molecule has 13 heteroatoms. The molecule has 1 aliphatic rings. The van der Waals surface area contributed by atoms with Crippen LogP contribution in [-0.4, -0.2) is 64.1 Å². The van der Waals surface area contributed by atoms with Gasteiger partial charge in [0.25, 0.3) is 0 Å². The number of amides is 1. The first-order chi connectivity index (χ1) is 16.6. The minimum Gasteiger partial charge on any atom is -0.458 e. The van der Waals surface area contributed by atoms with E-state index in [-0.39, 0.29) is 17.7 Å². The van der Waals surface area contributed by atoms with Crippen LogP contribution >= 0.6 is 0 Å². The summed E-state index contributed by atoms with van der Waals surface area (Å²) in [4.78, 5) is 21.5. The van der Waals surface area contributed by atoms with Crippen molar-refractivity contribution in [3.63, 3.8) is 0 Å². The Labute approximate surface area is 203 Å². The topological polar surface area (TPSA) is 154 Å². The van der Waals surface area contributed by atoms with Crippen LogP contribution in [0.2, 0.25) is 0 Å². The molecule has 4 atom stereocenters. The molecule has 1 amide bonds. The van der Waals surface area contributed by atoms with Gasteiger partial charge in [-0.15, -0.1) is 10.2 Å². The maximum absolute atomic E-state index is 13.4. The summed E-state index contributed by atoms with van der Waals surface area (Å²) >= 11 is 0. The molecule has 3 aromatic rings. The standard InChI is InChI=1S/C22H29N7O5S/c1-12-10-24-19(25-11-12)14(3)15(4)35(31,32)28-22-27-26-20(17-7-6-13(2)34-17)29(22)18-16(33-5)8-9-23-21(18)30/h6-7,10-11,14-16,18H,8-9H2,1-5H3,(H,23,30)(H,27,28)/t14-,15-,16?,18?/m0/s1. The fraction of sp³-hybridized carbons (Fsp3) is 0.500. The zero-order chi connectivity index (χ0) is 25.3. The summed E-state index contributed by atoms with van der Waals surface area (Å²) < 4.78 is 42.0. The van der Waals surface area contributed by atoms with Crippen LogP contribution in [0.3, 0.4) is 0 Å². The van der Waals surface area contributed by atoms with Crippen molar-refractivity contribution >= 4 is 21.9 Å². The highest BCUT2D eigenvalue weighted by molar-refractivity contribution is 7.93. The lowest BCUT2D eigenvalue weighted by molar-refractivity contribution is -0.131. The largest absolute Gasteiger partial charge is 0.458 e. The second-order valence-electron chi connectivity index (χ2n) is 8.69. The van der Waals surface area contributed by atoms with Crippen molar-refractivity contribution in [2.45, 2.75) is 57.4 Å². The molecule has 0 aromatic carbocycles. The lowest BCUT2D eigenvalue weighted by Crippen LogP contribution is -2.47. The van der Waals surface area contributed by atoms with Gasteiger partial charge in [0.05, 0.1) is 11.4 Å². The molecule has 188 valence electrons. The molecule has 0 radical (unpaired) electrons. The lowest BCUT2D eigenvalue weighted by atomic mass is 10.0. The number of nitrogens with one attached hydrogen (secondary N) is 2. The van der Waals surface area contributed by atoms with Crippen molar-refractivity contribution in [2.24, 2.45) is 0 Å². The number of furan rings is 1. The number of aromatic nitrogens is 5. The number of hydrogen-bond donors (Lipinski definition) is 2. The Morgan fingerprint density at radius 3 is 2.54 bits per heavy atom. The van der Waals surface area contributed by atoms with E-state index in [1.54, 1.807) is 45.3 Å². The summed E-state index contributed by atoms with van der Waals surface area (Å²) in [6.07, 6.45) is 3.31. The van der Waals surface area contributed by atoms with Crippen LogP contribution in [-0.2, 0) is 19.6 Å². The minimum atomic E-state index is -3.99. The highest BCUT2D eigenvalue weighted by Crippen LogP contribution is 2.33. The van der Waals surface area contributed by atoms with Gasteiger partial charge in [0.15, 0.2) is 5.76 Å². The van der Waals surface area contributed by atoms with Crippen LogP contribution in [0, 0.1) is 13.8 Å². The van der Waals surface area contributed by atoms with Crippen LogP contribution in [0.25, 0.3) is 11.6 Å². The van der Waals surface area contributed by atoms with Gasteiger partial charge in [0.1, 0.15) is 17.6 Å². The molecule has 4 rings (SSSR count). The van der Waals surface area contributed by atoms with E-state index in [0.29, 0.717) is 30.3 Å². The van der Waals surface area contributed by atoms with Crippen molar-refractivity contribution in [1.82, 2.24) is 30.0 Å². The molecular weight excluding hydrogens is 474 g/mol.